The average Bonchev–Trinajstić information content (AvgIpc) is 3.64. The molecule has 0 spiro atoms. The largest absolute Gasteiger partial charge is 0.252 e. The second kappa shape index (κ2) is 14.9. The van der Waals surface area contributed by atoms with Gasteiger partial charge in [0.25, 0.3) is 0 Å². The number of nitrogens with zero attached hydrogens (tertiary/aromatic N) is 1. The molecule has 0 amide bonds. The number of fused-ring (bicyclic) bond motifs is 10. The maximum atomic E-state index is 5.95. The fourth-order valence-electron chi connectivity index (χ4n) is 10.7. The van der Waals surface area contributed by atoms with Crippen LogP contribution in [0.2, 0.25) is 0 Å². The highest BCUT2D eigenvalue weighted by Crippen LogP contribution is 2.51. The molecule has 1 aliphatic heterocycles. The molecular weight excluding hydrogens is 767 g/mol. The number of hydrogen-bond acceptors (Lipinski definition) is 2. The number of allylic oxidation sites excluding steroid dienone is 3. The van der Waals surface area contributed by atoms with E-state index in [0.29, 0.717) is 0 Å². The van der Waals surface area contributed by atoms with Crippen LogP contribution in [0.4, 0.5) is 0 Å². The molecule has 9 aromatic carbocycles. The van der Waals surface area contributed by atoms with E-state index in [1.54, 1.807) is 0 Å². The topological polar surface area (TPSA) is 12.4 Å². The van der Waals surface area contributed by atoms with Gasteiger partial charge in [0.05, 0.1) is 11.4 Å². The minimum atomic E-state index is 0.193. The summed E-state index contributed by atoms with van der Waals surface area (Å²) in [7, 11) is 0. The molecule has 2 unspecified atom stereocenters. The fraction of sp³-hybridized carbons (Fsp3) is 0.117. The first kappa shape index (κ1) is 36.9. The van der Waals surface area contributed by atoms with Gasteiger partial charge < -0.3 is 0 Å². The first-order chi connectivity index (χ1) is 30.6. The third kappa shape index (κ3) is 6.00. The van der Waals surface area contributed by atoms with Gasteiger partial charge in [0.1, 0.15) is 0 Å². The Labute approximate surface area is 367 Å². The molecule has 296 valence electrons. The highest BCUT2D eigenvalue weighted by molar-refractivity contribution is 7.26. The Morgan fingerprint density at radius 3 is 2.03 bits per heavy atom. The van der Waals surface area contributed by atoms with Crippen LogP contribution in [0.5, 0.6) is 0 Å². The Balaban J connectivity index is 1.14. The second-order valence-electron chi connectivity index (χ2n) is 17.3. The maximum Gasteiger partial charge on any atom is 0.0747 e. The number of rotatable bonds is 4. The zero-order chi connectivity index (χ0) is 41.3. The standard InChI is InChI=1S/C60H45NS/c1-37-27-30-45(39-15-4-3-5-16-39)38(2)59(61-58(37)50-25-14-21-40-17-8-10-22-46(40)50)53-34-33-51(60-57(53)52-24-12-13-26-55(52)62-60)48-32-29-44-35-42-19-6-7-20-43(42)36-54(44)49-31-28-41-18-9-11-23-47(41)56(48)49/h3-26,28,30-31,33-37,48H,27,29,32H2,1-2H3. The summed E-state index contributed by atoms with van der Waals surface area (Å²) in [5.41, 5.74) is 15.4. The molecule has 1 nitrogen and oxygen atoms in total. The van der Waals surface area contributed by atoms with E-state index in [4.69, 9.17) is 4.99 Å². The van der Waals surface area contributed by atoms with Crippen LogP contribution >= 0.6 is 11.3 Å². The van der Waals surface area contributed by atoms with Crippen molar-refractivity contribution >= 4 is 80.8 Å². The minimum Gasteiger partial charge on any atom is -0.252 e. The van der Waals surface area contributed by atoms with E-state index in [9.17, 15) is 0 Å². The van der Waals surface area contributed by atoms with Crippen molar-refractivity contribution in [1.82, 2.24) is 0 Å². The number of hydrogen-bond donors (Lipinski definition) is 0. The van der Waals surface area contributed by atoms with Crippen LogP contribution < -0.4 is 0 Å². The molecule has 1 aliphatic carbocycles. The van der Waals surface area contributed by atoms with E-state index in [0.717, 1.165) is 30.7 Å². The molecule has 2 aliphatic rings. The van der Waals surface area contributed by atoms with E-state index in [2.05, 4.69) is 202 Å². The van der Waals surface area contributed by atoms with Gasteiger partial charge in [-0.3, -0.25) is 4.99 Å². The lowest BCUT2D eigenvalue weighted by molar-refractivity contribution is 0.736. The van der Waals surface area contributed by atoms with Gasteiger partial charge in [-0.2, -0.15) is 0 Å². The maximum absolute atomic E-state index is 5.95. The van der Waals surface area contributed by atoms with E-state index < -0.39 is 0 Å². The number of aryl methyl sites for hydroxylation is 1. The first-order valence-corrected chi connectivity index (χ1v) is 22.9. The fourth-order valence-corrected chi connectivity index (χ4v) is 12.0. The van der Waals surface area contributed by atoms with Crippen LogP contribution in [0.3, 0.4) is 0 Å². The number of benzene rings is 9. The summed E-state index contributed by atoms with van der Waals surface area (Å²) >= 11 is 1.95. The van der Waals surface area contributed by atoms with Crippen LogP contribution in [-0.2, 0) is 6.42 Å². The summed E-state index contributed by atoms with van der Waals surface area (Å²) in [5.74, 6) is 0.392. The van der Waals surface area contributed by atoms with Gasteiger partial charge in [0, 0.05) is 43.1 Å². The zero-order valence-corrected chi connectivity index (χ0v) is 35.8. The van der Waals surface area contributed by atoms with Crippen LogP contribution in [-0.4, -0.2) is 5.71 Å². The molecule has 2 heteroatoms. The number of thiophene rings is 1. The third-order valence-corrected chi connectivity index (χ3v) is 15.0. The molecule has 0 fully saturated rings. The Morgan fingerprint density at radius 1 is 0.548 bits per heavy atom. The van der Waals surface area contributed by atoms with Gasteiger partial charge in [-0.25, -0.2) is 0 Å². The molecule has 10 aromatic rings. The van der Waals surface area contributed by atoms with Crippen molar-refractivity contribution in [2.45, 2.75) is 39.0 Å². The molecule has 2 atom stereocenters. The summed E-state index contributed by atoms with van der Waals surface area (Å²) in [4.78, 5) is 5.95. The zero-order valence-electron chi connectivity index (χ0n) is 35.0. The van der Waals surface area contributed by atoms with Gasteiger partial charge in [0.15, 0.2) is 0 Å². The lowest BCUT2D eigenvalue weighted by atomic mass is 9.81. The molecular formula is C60H45NS. The summed E-state index contributed by atoms with van der Waals surface area (Å²) < 4.78 is 2.68. The molecule has 0 N–H and O–H groups in total. The minimum absolute atomic E-state index is 0.193. The Hall–Kier alpha value is -6.87. The molecule has 0 saturated carbocycles. The monoisotopic (exact) mass is 811 g/mol. The lowest BCUT2D eigenvalue weighted by Gasteiger charge is -2.25. The SMILES string of the molecule is CC1=C(c2ccc(C3CCc4cc5ccccc5cc4-c4ccc5ccccc5c43)c3sc4ccccc4c23)N=C(c2cccc3ccccc23)C(C)CC=C1c1ccccc1. The molecule has 1 aromatic heterocycles. The summed E-state index contributed by atoms with van der Waals surface area (Å²) in [5, 5.41) is 10.4. The van der Waals surface area contributed by atoms with E-state index >= 15 is 0 Å². The van der Waals surface area contributed by atoms with Gasteiger partial charge in [0.2, 0.25) is 0 Å². The Kier molecular flexibility index (Phi) is 8.90. The Bertz CT molecular complexity index is 3520. The highest BCUT2D eigenvalue weighted by atomic mass is 32.1. The highest BCUT2D eigenvalue weighted by Gasteiger charge is 2.30. The molecule has 12 rings (SSSR count). The van der Waals surface area contributed by atoms with E-state index in [-0.39, 0.29) is 11.8 Å². The van der Waals surface area contributed by atoms with Crippen molar-refractivity contribution in [2.24, 2.45) is 10.9 Å². The van der Waals surface area contributed by atoms with Crippen molar-refractivity contribution in [2.75, 3.05) is 0 Å². The van der Waals surface area contributed by atoms with Crippen molar-refractivity contribution in [3.63, 3.8) is 0 Å². The van der Waals surface area contributed by atoms with E-state index in [1.165, 1.54) is 108 Å². The van der Waals surface area contributed by atoms with Crippen molar-refractivity contribution in [3.8, 4) is 11.1 Å². The van der Waals surface area contributed by atoms with Crippen LogP contribution in [0, 0.1) is 5.92 Å². The second-order valence-corrected chi connectivity index (χ2v) is 18.4. The normalized spacial score (nSPS) is 16.8. The Morgan fingerprint density at radius 2 is 1.21 bits per heavy atom. The predicted molar refractivity (Wildman–Crippen MR) is 268 cm³/mol. The summed E-state index contributed by atoms with van der Waals surface area (Å²) in [6.45, 7) is 4.66. The predicted octanol–water partition coefficient (Wildman–Crippen LogP) is 16.6. The van der Waals surface area contributed by atoms with Gasteiger partial charge in [-0.05, 0) is 115 Å². The van der Waals surface area contributed by atoms with Gasteiger partial charge in [-0.15, -0.1) is 11.3 Å². The van der Waals surface area contributed by atoms with E-state index in [1.807, 2.05) is 11.3 Å². The first-order valence-electron chi connectivity index (χ1n) is 22.1. The van der Waals surface area contributed by atoms with Crippen LogP contribution in [0.15, 0.2) is 199 Å². The molecule has 0 bridgehead atoms. The molecule has 0 radical (unpaired) electrons. The molecule has 0 saturated heterocycles. The van der Waals surface area contributed by atoms with Crippen molar-refractivity contribution < 1.29 is 0 Å². The average molecular weight is 812 g/mol. The van der Waals surface area contributed by atoms with Gasteiger partial charge in [-0.1, -0.05) is 183 Å². The van der Waals surface area contributed by atoms with Gasteiger partial charge >= 0.3 is 0 Å². The van der Waals surface area contributed by atoms with Crippen molar-refractivity contribution in [3.05, 3.63) is 227 Å². The van der Waals surface area contributed by atoms with Crippen LogP contribution in [0.25, 0.3) is 74.9 Å². The van der Waals surface area contributed by atoms with Crippen LogP contribution in [0.1, 0.15) is 66.0 Å². The third-order valence-electron chi connectivity index (χ3n) is 13.8. The molecule has 62 heavy (non-hydrogen) atoms. The van der Waals surface area contributed by atoms with Crippen molar-refractivity contribution in [1.29, 1.82) is 0 Å². The summed E-state index contributed by atoms with van der Waals surface area (Å²) in [6, 6.07) is 67.9. The summed E-state index contributed by atoms with van der Waals surface area (Å²) in [6.07, 6.45) is 5.41. The lowest BCUT2D eigenvalue weighted by Crippen LogP contribution is -2.15. The number of aliphatic imine (C=N–C) groups is 1. The smallest absolute Gasteiger partial charge is 0.0747 e. The molecule has 2 heterocycles. The quantitative estimate of drug-likeness (QED) is 0.168.